The van der Waals surface area contributed by atoms with Gasteiger partial charge in [-0.1, -0.05) is 27.2 Å². The van der Waals surface area contributed by atoms with Crippen LogP contribution in [0.2, 0.25) is 0 Å². The van der Waals surface area contributed by atoms with E-state index in [4.69, 9.17) is 0 Å². The fourth-order valence-electron chi connectivity index (χ4n) is 2.85. The van der Waals surface area contributed by atoms with Crippen molar-refractivity contribution in [2.75, 3.05) is 6.61 Å². The third-order valence-corrected chi connectivity index (χ3v) is 3.68. The number of H-pyrrole nitrogens is 1. The van der Waals surface area contributed by atoms with Crippen LogP contribution in [0.25, 0.3) is 0 Å². The van der Waals surface area contributed by atoms with E-state index in [-0.39, 0.29) is 24.3 Å². The van der Waals surface area contributed by atoms with Crippen molar-refractivity contribution >= 4 is 11.7 Å². The molecule has 1 rings (SSSR count). The second kappa shape index (κ2) is 8.13. The molecule has 0 spiro atoms. The normalized spacial score (nSPS) is 12.5. The highest BCUT2D eigenvalue weighted by Gasteiger charge is 2.23. The zero-order valence-electron chi connectivity index (χ0n) is 14.2. The maximum absolute atomic E-state index is 12.5. The molecule has 1 aromatic heterocycles. The Kier molecular flexibility index (Phi) is 6.81. The van der Waals surface area contributed by atoms with Gasteiger partial charge in [-0.05, 0) is 38.2 Å². The molecule has 1 aromatic rings. The Morgan fingerprint density at radius 3 is 2.41 bits per heavy atom. The van der Waals surface area contributed by atoms with E-state index in [1.807, 2.05) is 27.7 Å². The molecule has 1 atom stereocenters. The molecule has 1 heterocycles. The van der Waals surface area contributed by atoms with Crippen molar-refractivity contribution in [1.82, 2.24) is 10.3 Å². The quantitative estimate of drug-likeness (QED) is 0.646. The Labute approximate surface area is 132 Å². The number of carbonyl (C=O) groups is 2. The number of rotatable bonds is 8. The van der Waals surface area contributed by atoms with Gasteiger partial charge in [0.05, 0.1) is 12.6 Å². The van der Waals surface area contributed by atoms with E-state index in [2.05, 4.69) is 10.3 Å². The van der Waals surface area contributed by atoms with Gasteiger partial charge in [0.2, 0.25) is 0 Å². The smallest absolute Gasteiger partial charge is 0.268 e. The van der Waals surface area contributed by atoms with Gasteiger partial charge >= 0.3 is 0 Å². The average Bonchev–Trinajstić information content (AvgIpc) is 2.74. The number of aryl methyl sites for hydroxylation is 1. The van der Waals surface area contributed by atoms with Crippen LogP contribution in [0.4, 0.5) is 0 Å². The van der Waals surface area contributed by atoms with Crippen molar-refractivity contribution in [2.24, 2.45) is 5.92 Å². The Bertz CT molecular complexity index is 532. The molecule has 124 valence electrons. The summed E-state index contributed by atoms with van der Waals surface area (Å²) in [5, 5.41) is 12.3. The van der Waals surface area contributed by atoms with Crippen LogP contribution in [0.1, 0.15) is 72.6 Å². The van der Waals surface area contributed by atoms with E-state index in [1.54, 1.807) is 0 Å². The summed E-state index contributed by atoms with van der Waals surface area (Å²) in [6.45, 7) is 9.35. The van der Waals surface area contributed by atoms with E-state index in [0.29, 0.717) is 30.0 Å². The van der Waals surface area contributed by atoms with E-state index < -0.39 is 0 Å². The molecule has 1 unspecified atom stereocenters. The monoisotopic (exact) mass is 308 g/mol. The lowest BCUT2D eigenvalue weighted by Crippen LogP contribution is -2.39. The van der Waals surface area contributed by atoms with Gasteiger partial charge in [-0.25, -0.2) is 0 Å². The van der Waals surface area contributed by atoms with Crippen LogP contribution in [0, 0.1) is 12.8 Å². The number of carbonyl (C=O) groups excluding carboxylic acids is 2. The highest BCUT2D eigenvalue weighted by Crippen LogP contribution is 2.21. The van der Waals surface area contributed by atoms with Gasteiger partial charge in [-0.2, -0.15) is 0 Å². The van der Waals surface area contributed by atoms with Gasteiger partial charge in [0, 0.05) is 11.3 Å². The SMILES string of the molecule is CCCc1c(C(=O)NC(CO)CC(C)C)[nH]c(C)c1C(C)=O. The number of ketones is 1. The molecule has 0 saturated heterocycles. The van der Waals surface area contributed by atoms with Crippen molar-refractivity contribution in [1.29, 1.82) is 0 Å². The molecular weight excluding hydrogens is 280 g/mol. The summed E-state index contributed by atoms with van der Waals surface area (Å²) in [6.07, 6.45) is 2.24. The summed E-state index contributed by atoms with van der Waals surface area (Å²) in [6, 6.07) is -0.272. The lowest BCUT2D eigenvalue weighted by molar-refractivity contribution is 0.0902. The van der Waals surface area contributed by atoms with Crippen molar-refractivity contribution < 1.29 is 14.7 Å². The number of hydrogen-bond acceptors (Lipinski definition) is 3. The fourth-order valence-corrected chi connectivity index (χ4v) is 2.85. The van der Waals surface area contributed by atoms with Crippen molar-refractivity contribution in [3.63, 3.8) is 0 Å². The predicted molar refractivity (Wildman–Crippen MR) is 87.3 cm³/mol. The Balaban J connectivity index is 3.06. The van der Waals surface area contributed by atoms with Crippen LogP contribution in [-0.2, 0) is 6.42 Å². The molecule has 0 bridgehead atoms. The molecule has 0 fully saturated rings. The summed E-state index contributed by atoms with van der Waals surface area (Å²) in [7, 11) is 0. The number of aromatic amines is 1. The van der Waals surface area contributed by atoms with E-state index in [1.165, 1.54) is 6.92 Å². The largest absolute Gasteiger partial charge is 0.394 e. The number of amides is 1. The van der Waals surface area contributed by atoms with E-state index >= 15 is 0 Å². The molecule has 5 heteroatoms. The topological polar surface area (TPSA) is 82.2 Å². The number of hydrogen-bond donors (Lipinski definition) is 3. The first kappa shape index (κ1) is 18.4. The van der Waals surface area contributed by atoms with E-state index in [0.717, 1.165) is 17.7 Å². The molecule has 0 aliphatic carbocycles. The fraction of sp³-hybridized carbons (Fsp3) is 0.647. The van der Waals surface area contributed by atoms with Gasteiger partial charge in [0.25, 0.3) is 5.91 Å². The summed E-state index contributed by atoms with van der Waals surface area (Å²) in [4.78, 5) is 27.4. The minimum Gasteiger partial charge on any atom is -0.394 e. The minimum absolute atomic E-state index is 0.0304. The molecule has 5 nitrogen and oxygen atoms in total. The van der Waals surface area contributed by atoms with Gasteiger partial charge in [0.1, 0.15) is 5.69 Å². The van der Waals surface area contributed by atoms with Crippen LogP contribution < -0.4 is 5.32 Å². The summed E-state index contributed by atoms with van der Waals surface area (Å²) < 4.78 is 0. The van der Waals surface area contributed by atoms with Crippen LogP contribution >= 0.6 is 0 Å². The van der Waals surface area contributed by atoms with Crippen molar-refractivity contribution in [3.8, 4) is 0 Å². The Hall–Kier alpha value is -1.62. The zero-order chi connectivity index (χ0) is 16.9. The highest BCUT2D eigenvalue weighted by molar-refractivity contribution is 6.02. The van der Waals surface area contributed by atoms with Crippen LogP contribution in [0.5, 0.6) is 0 Å². The maximum Gasteiger partial charge on any atom is 0.268 e. The number of nitrogens with one attached hydrogen (secondary N) is 2. The maximum atomic E-state index is 12.5. The van der Waals surface area contributed by atoms with Gasteiger partial charge < -0.3 is 15.4 Å². The molecule has 22 heavy (non-hydrogen) atoms. The van der Waals surface area contributed by atoms with Crippen LogP contribution in [-0.4, -0.2) is 34.4 Å². The molecule has 0 radical (unpaired) electrons. The second-order valence-electron chi connectivity index (χ2n) is 6.27. The second-order valence-corrected chi connectivity index (χ2v) is 6.27. The summed E-state index contributed by atoms with van der Waals surface area (Å²) in [5.74, 6) is 0.0987. The standard InChI is InChI=1S/C17H28N2O3/c1-6-7-14-15(12(5)21)11(4)18-16(14)17(22)19-13(9-20)8-10(2)3/h10,13,18,20H,6-9H2,1-5H3,(H,19,22). The van der Waals surface area contributed by atoms with Gasteiger partial charge in [-0.3, -0.25) is 9.59 Å². The lowest BCUT2D eigenvalue weighted by Gasteiger charge is -2.18. The number of aromatic nitrogens is 1. The molecule has 1 amide bonds. The third-order valence-electron chi connectivity index (χ3n) is 3.68. The van der Waals surface area contributed by atoms with Crippen molar-refractivity contribution in [2.45, 2.75) is 59.9 Å². The molecule has 0 aliphatic rings. The third kappa shape index (κ3) is 4.44. The Morgan fingerprint density at radius 2 is 1.95 bits per heavy atom. The molecule has 0 saturated carbocycles. The predicted octanol–water partition coefficient (Wildman–Crippen LogP) is 2.62. The first-order chi connectivity index (χ1) is 10.3. The highest BCUT2D eigenvalue weighted by atomic mass is 16.3. The number of aliphatic hydroxyl groups excluding tert-OH is 1. The zero-order valence-corrected chi connectivity index (χ0v) is 14.2. The van der Waals surface area contributed by atoms with Gasteiger partial charge in [-0.15, -0.1) is 0 Å². The van der Waals surface area contributed by atoms with Gasteiger partial charge in [0.15, 0.2) is 5.78 Å². The Morgan fingerprint density at radius 1 is 1.32 bits per heavy atom. The van der Waals surface area contributed by atoms with Crippen LogP contribution in [0.3, 0.4) is 0 Å². The first-order valence-corrected chi connectivity index (χ1v) is 7.95. The number of Topliss-reactive ketones (excluding diaryl/α,β-unsaturated/α-hetero) is 1. The summed E-state index contributed by atoms with van der Waals surface area (Å²) >= 11 is 0. The average molecular weight is 308 g/mol. The van der Waals surface area contributed by atoms with Crippen molar-refractivity contribution in [3.05, 3.63) is 22.5 Å². The minimum atomic E-state index is -0.272. The first-order valence-electron chi connectivity index (χ1n) is 7.95. The molecular formula is C17H28N2O3. The van der Waals surface area contributed by atoms with Crippen LogP contribution in [0.15, 0.2) is 0 Å². The molecule has 0 aromatic carbocycles. The van der Waals surface area contributed by atoms with E-state index in [9.17, 15) is 14.7 Å². The number of aliphatic hydroxyl groups is 1. The lowest BCUT2D eigenvalue weighted by atomic mass is 10.00. The molecule has 3 N–H and O–H groups in total. The molecule has 0 aliphatic heterocycles. The summed E-state index contributed by atoms with van der Waals surface area (Å²) in [5.41, 5.74) is 2.58.